The number of hydrogen-bond donors (Lipinski definition) is 1. The molecule has 1 N–H and O–H groups in total. The lowest BCUT2D eigenvalue weighted by Crippen LogP contribution is -2.29. The highest BCUT2D eigenvalue weighted by Crippen LogP contribution is 2.27. The summed E-state index contributed by atoms with van der Waals surface area (Å²) in [6.45, 7) is 1.41. The smallest absolute Gasteiger partial charge is 0.331 e. The van der Waals surface area contributed by atoms with Crippen molar-refractivity contribution in [2.45, 2.75) is 13.0 Å². The Labute approximate surface area is 165 Å². The highest BCUT2D eigenvalue weighted by atomic mass is 35.5. The Bertz CT molecular complexity index is 866. The predicted molar refractivity (Wildman–Crippen MR) is 103 cm³/mol. The van der Waals surface area contributed by atoms with Gasteiger partial charge in [-0.25, -0.2) is 9.18 Å². The van der Waals surface area contributed by atoms with E-state index in [2.05, 4.69) is 5.32 Å². The molecule has 1 amide bonds. The van der Waals surface area contributed by atoms with Gasteiger partial charge in [-0.2, -0.15) is 0 Å². The third kappa shape index (κ3) is 5.70. The van der Waals surface area contributed by atoms with Crippen LogP contribution >= 0.6 is 23.2 Å². The first-order valence-electron chi connectivity index (χ1n) is 7.79. The van der Waals surface area contributed by atoms with Gasteiger partial charge >= 0.3 is 5.97 Å². The van der Waals surface area contributed by atoms with E-state index < -0.39 is 23.8 Å². The molecule has 0 aliphatic carbocycles. The van der Waals surface area contributed by atoms with Gasteiger partial charge in [-0.15, -0.1) is 0 Å². The maximum atomic E-state index is 13.6. The van der Waals surface area contributed by atoms with E-state index >= 15 is 0 Å². The van der Waals surface area contributed by atoms with E-state index in [-0.39, 0.29) is 10.6 Å². The summed E-state index contributed by atoms with van der Waals surface area (Å²) in [5, 5.41) is 3.05. The van der Waals surface area contributed by atoms with E-state index in [0.717, 1.165) is 6.08 Å². The zero-order valence-electron chi connectivity index (χ0n) is 14.5. The van der Waals surface area contributed by atoms with E-state index in [9.17, 15) is 14.0 Å². The Balaban J connectivity index is 1.96. The molecule has 0 unspecified atom stereocenters. The van der Waals surface area contributed by atoms with Crippen LogP contribution < -0.4 is 10.1 Å². The minimum absolute atomic E-state index is 0.0566. The molecule has 0 bridgehead atoms. The molecule has 5 nitrogen and oxygen atoms in total. The lowest BCUT2D eigenvalue weighted by atomic mass is 10.2. The first-order chi connectivity index (χ1) is 12.8. The van der Waals surface area contributed by atoms with Crippen molar-refractivity contribution in [1.29, 1.82) is 0 Å². The topological polar surface area (TPSA) is 64.6 Å². The van der Waals surface area contributed by atoms with Gasteiger partial charge < -0.3 is 14.8 Å². The molecule has 2 aromatic rings. The lowest BCUT2D eigenvalue weighted by Gasteiger charge is -2.13. The van der Waals surface area contributed by atoms with Crippen molar-refractivity contribution in [2.75, 3.05) is 12.4 Å². The molecule has 0 aliphatic rings. The number of carbonyl (C=O) groups is 2. The summed E-state index contributed by atoms with van der Waals surface area (Å²) >= 11 is 11.9. The first kappa shape index (κ1) is 20.7. The van der Waals surface area contributed by atoms with Crippen LogP contribution in [0.1, 0.15) is 12.5 Å². The molecule has 0 radical (unpaired) electrons. The van der Waals surface area contributed by atoms with E-state index in [1.54, 1.807) is 12.1 Å². The van der Waals surface area contributed by atoms with Crippen LogP contribution in [0.2, 0.25) is 10.0 Å². The van der Waals surface area contributed by atoms with Gasteiger partial charge in [0.15, 0.2) is 6.10 Å². The standard InChI is InChI=1S/C19H16Cl2FNO4/c1-11(19(25)23-12-6-8-17(26-2)15(21)10-12)27-18(24)9-7-13-14(20)4-3-5-16(13)22/h3-11H,1-2H3,(H,23,25)/b9-7+/t11-/m0/s1. The van der Waals surface area contributed by atoms with Crippen molar-refractivity contribution in [3.63, 3.8) is 0 Å². The molecule has 0 aliphatic heterocycles. The van der Waals surface area contributed by atoms with Crippen LogP contribution in [0.5, 0.6) is 5.75 Å². The molecule has 0 fully saturated rings. The molecule has 0 spiro atoms. The Hall–Kier alpha value is -2.57. The largest absolute Gasteiger partial charge is 0.495 e. The van der Waals surface area contributed by atoms with Gasteiger partial charge in [-0.3, -0.25) is 4.79 Å². The van der Waals surface area contributed by atoms with Crippen molar-refractivity contribution in [1.82, 2.24) is 0 Å². The van der Waals surface area contributed by atoms with Gasteiger partial charge in [-0.1, -0.05) is 29.3 Å². The van der Waals surface area contributed by atoms with Gasteiger partial charge in [0, 0.05) is 17.3 Å². The zero-order chi connectivity index (χ0) is 20.0. The quantitative estimate of drug-likeness (QED) is 0.551. The number of rotatable bonds is 6. The number of amides is 1. The summed E-state index contributed by atoms with van der Waals surface area (Å²) in [5.74, 6) is -1.48. The second kappa shape index (κ2) is 9.39. The number of nitrogens with one attached hydrogen (secondary N) is 1. The molecule has 0 saturated carbocycles. The summed E-state index contributed by atoms with van der Waals surface area (Å²) in [5.41, 5.74) is 0.475. The fourth-order valence-electron chi connectivity index (χ4n) is 2.08. The summed E-state index contributed by atoms with van der Waals surface area (Å²) in [4.78, 5) is 24.0. The molecule has 0 aromatic heterocycles. The van der Waals surface area contributed by atoms with Crippen LogP contribution in [0.15, 0.2) is 42.5 Å². The third-order valence-electron chi connectivity index (χ3n) is 3.47. The molecule has 0 heterocycles. The van der Waals surface area contributed by atoms with Gasteiger partial charge in [0.25, 0.3) is 5.91 Å². The van der Waals surface area contributed by atoms with Crippen LogP contribution in [-0.2, 0) is 14.3 Å². The van der Waals surface area contributed by atoms with Crippen LogP contribution in [0.25, 0.3) is 6.08 Å². The van der Waals surface area contributed by atoms with Crippen LogP contribution in [0, 0.1) is 5.82 Å². The number of halogens is 3. The monoisotopic (exact) mass is 411 g/mol. The SMILES string of the molecule is COc1ccc(NC(=O)[C@H](C)OC(=O)/C=C/c2c(F)cccc2Cl)cc1Cl. The van der Waals surface area contributed by atoms with Gasteiger partial charge in [0.2, 0.25) is 0 Å². The fraction of sp³-hybridized carbons (Fsp3) is 0.158. The second-order valence-corrected chi connectivity index (χ2v) is 6.20. The highest BCUT2D eigenvalue weighted by molar-refractivity contribution is 6.32. The molecular formula is C19H16Cl2FNO4. The summed E-state index contributed by atoms with van der Waals surface area (Å²) in [7, 11) is 1.48. The normalized spacial score (nSPS) is 11.9. The average molecular weight is 412 g/mol. The molecule has 27 heavy (non-hydrogen) atoms. The number of methoxy groups -OCH3 is 1. The van der Waals surface area contributed by atoms with Crippen LogP contribution in [-0.4, -0.2) is 25.1 Å². The van der Waals surface area contributed by atoms with Crippen LogP contribution in [0.4, 0.5) is 10.1 Å². The minimum Gasteiger partial charge on any atom is -0.495 e. The van der Waals surface area contributed by atoms with Gasteiger partial charge in [-0.05, 0) is 43.3 Å². The second-order valence-electron chi connectivity index (χ2n) is 5.39. The van der Waals surface area contributed by atoms with Crippen LogP contribution in [0.3, 0.4) is 0 Å². The lowest BCUT2D eigenvalue weighted by molar-refractivity contribution is -0.148. The van der Waals surface area contributed by atoms with Crippen molar-refractivity contribution in [3.8, 4) is 5.75 Å². The van der Waals surface area contributed by atoms with E-state index in [0.29, 0.717) is 16.5 Å². The van der Waals surface area contributed by atoms with Crippen molar-refractivity contribution in [2.24, 2.45) is 0 Å². The third-order valence-corrected chi connectivity index (χ3v) is 4.09. The molecule has 2 rings (SSSR count). The number of carbonyl (C=O) groups excluding carboxylic acids is 2. The average Bonchev–Trinajstić information content (AvgIpc) is 2.61. The Morgan fingerprint density at radius 1 is 1.19 bits per heavy atom. The van der Waals surface area contributed by atoms with Crippen molar-refractivity contribution in [3.05, 3.63) is 63.9 Å². The predicted octanol–water partition coefficient (Wildman–Crippen LogP) is 4.72. The Morgan fingerprint density at radius 2 is 1.93 bits per heavy atom. The molecule has 142 valence electrons. The number of ether oxygens (including phenoxy) is 2. The number of hydrogen-bond acceptors (Lipinski definition) is 4. The van der Waals surface area contributed by atoms with Gasteiger partial charge in [0.05, 0.1) is 17.2 Å². The zero-order valence-corrected chi connectivity index (χ0v) is 16.0. The minimum atomic E-state index is -1.08. The highest BCUT2D eigenvalue weighted by Gasteiger charge is 2.17. The fourth-order valence-corrected chi connectivity index (χ4v) is 2.56. The number of benzene rings is 2. The molecule has 1 atom stereocenters. The van der Waals surface area contributed by atoms with E-state index in [1.807, 2.05) is 0 Å². The molecule has 0 saturated heterocycles. The molecule has 2 aromatic carbocycles. The van der Waals surface area contributed by atoms with E-state index in [1.165, 1.54) is 44.4 Å². The first-order valence-corrected chi connectivity index (χ1v) is 8.54. The Morgan fingerprint density at radius 3 is 2.56 bits per heavy atom. The summed E-state index contributed by atoms with van der Waals surface area (Å²) < 4.78 is 23.7. The van der Waals surface area contributed by atoms with Gasteiger partial charge in [0.1, 0.15) is 11.6 Å². The number of anilines is 1. The summed E-state index contributed by atoms with van der Waals surface area (Å²) in [6, 6.07) is 8.85. The maximum Gasteiger partial charge on any atom is 0.331 e. The Kier molecular flexibility index (Phi) is 7.21. The summed E-state index contributed by atoms with van der Waals surface area (Å²) in [6.07, 6.45) is 1.10. The molecular weight excluding hydrogens is 396 g/mol. The van der Waals surface area contributed by atoms with Crippen molar-refractivity contribution < 1.29 is 23.5 Å². The van der Waals surface area contributed by atoms with Crippen molar-refractivity contribution >= 4 is 46.8 Å². The maximum absolute atomic E-state index is 13.6. The molecule has 8 heteroatoms. The van der Waals surface area contributed by atoms with E-state index in [4.69, 9.17) is 32.7 Å². The number of esters is 1.